The van der Waals surface area contributed by atoms with Crippen molar-refractivity contribution in [3.8, 4) is 0 Å². The fourth-order valence-corrected chi connectivity index (χ4v) is 6.26. The number of hydrogen-bond acceptors (Lipinski definition) is 10. The molecule has 1 aliphatic heterocycles. The second-order valence-corrected chi connectivity index (χ2v) is 14.6. The van der Waals surface area contributed by atoms with Crippen LogP contribution in [0, 0.1) is 0 Å². The van der Waals surface area contributed by atoms with Gasteiger partial charge in [0.1, 0.15) is 30.0 Å². The van der Waals surface area contributed by atoms with Gasteiger partial charge in [0.15, 0.2) is 17.7 Å². The lowest BCUT2D eigenvalue weighted by atomic mass is 9.88. The molecule has 1 amide bonds. The van der Waals surface area contributed by atoms with Crippen molar-refractivity contribution in [1.82, 2.24) is 10.2 Å². The third kappa shape index (κ3) is 12.4. The van der Waals surface area contributed by atoms with Crippen molar-refractivity contribution in [3.05, 3.63) is 144 Å². The molecule has 5 atom stereocenters. The molecular weight excluding hydrogens is 700 g/mol. The van der Waals surface area contributed by atoms with Gasteiger partial charge in [0.05, 0.1) is 33.0 Å². The lowest BCUT2D eigenvalue weighted by Gasteiger charge is -2.42. The van der Waals surface area contributed by atoms with Crippen molar-refractivity contribution in [2.45, 2.75) is 82.8 Å². The van der Waals surface area contributed by atoms with E-state index in [0.717, 1.165) is 22.3 Å². The van der Waals surface area contributed by atoms with Crippen LogP contribution in [0.25, 0.3) is 0 Å². The number of piperazine rings is 1. The number of Topliss-reactive ketones (excluding diaryl/α,β-unsaturated/α-hetero) is 1. The van der Waals surface area contributed by atoms with Gasteiger partial charge in [-0.15, -0.1) is 0 Å². The number of nitrogens with one attached hydrogen (secondary N) is 1. The molecule has 1 saturated heterocycles. The van der Waals surface area contributed by atoms with Crippen LogP contribution in [-0.2, 0) is 59.7 Å². The van der Waals surface area contributed by atoms with E-state index in [-0.39, 0.29) is 39.5 Å². The maximum absolute atomic E-state index is 15.1. The number of rotatable bonds is 19. The van der Waals surface area contributed by atoms with Gasteiger partial charge in [0, 0.05) is 19.6 Å². The van der Waals surface area contributed by atoms with E-state index in [2.05, 4.69) is 5.32 Å². The third-order valence-electron chi connectivity index (χ3n) is 9.05. The summed E-state index contributed by atoms with van der Waals surface area (Å²) < 4.78 is 31.4. The fourth-order valence-electron chi connectivity index (χ4n) is 6.26. The molecule has 4 aromatic carbocycles. The van der Waals surface area contributed by atoms with Crippen molar-refractivity contribution >= 4 is 18.2 Å². The number of hydrogen-bond donors (Lipinski definition) is 2. The Bertz CT molecular complexity index is 1760. The summed E-state index contributed by atoms with van der Waals surface area (Å²) in [4.78, 5) is 43.2. The van der Waals surface area contributed by atoms with Crippen LogP contribution in [0.5, 0.6) is 0 Å². The first-order valence-electron chi connectivity index (χ1n) is 18.6. The highest BCUT2D eigenvalue weighted by Crippen LogP contribution is 2.29. The lowest BCUT2D eigenvalue weighted by Crippen LogP contribution is -2.65. The molecule has 2 N–H and O–H groups in total. The number of nitrogens with zero attached hydrogens (tertiary/aromatic N) is 1. The Labute approximate surface area is 323 Å². The summed E-state index contributed by atoms with van der Waals surface area (Å²) in [6.07, 6.45) is -4.62. The van der Waals surface area contributed by atoms with E-state index < -0.39 is 54.0 Å². The molecule has 1 heterocycles. The smallest absolute Gasteiger partial charge is 0.410 e. The zero-order valence-electron chi connectivity index (χ0n) is 31.8. The van der Waals surface area contributed by atoms with Crippen LogP contribution in [-0.4, -0.2) is 90.0 Å². The minimum absolute atomic E-state index is 0.0202. The number of ketones is 1. The van der Waals surface area contributed by atoms with Crippen molar-refractivity contribution in [1.29, 1.82) is 0 Å². The molecule has 1 aliphatic rings. The highest BCUT2D eigenvalue weighted by molar-refractivity contribution is 5.92. The molecule has 0 radical (unpaired) electrons. The highest BCUT2D eigenvalue weighted by Gasteiger charge is 2.51. The maximum Gasteiger partial charge on any atom is 0.410 e. The number of aldehydes is 1. The Balaban J connectivity index is 1.58. The Morgan fingerprint density at radius 3 is 1.71 bits per heavy atom. The van der Waals surface area contributed by atoms with E-state index in [1.807, 2.05) is 121 Å². The molecule has 0 spiro atoms. The Morgan fingerprint density at radius 1 is 0.745 bits per heavy atom. The molecular formula is C44H52N2O9. The number of ether oxygens (including phenoxy) is 5. The summed E-state index contributed by atoms with van der Waals surface area (Å²) in [5, 5.41) is 15.6. The molecule has 55 heavy (non-hydrogen) atoms. The fraction of sp³-hybridized carbons (Fsp3) is 0.386. The van der Waals surface area contributed by atoms with Gasteiger partial charge in [0.25, 0.3) is 0 Å². The van der Waals surface area contributed by atoms with Gasteiger partial charge in [-0.1, -0.05) is 121 Å². The van der Waals surface area contributed by atoms with Crippen LogP contribution in [0.4, 0.5) is 4.79 Å². The lowest BCUT2D eigenvalue weighted by molar-refractivity contribution is -0.216. The van der Waals surface area contributed by atoms with Crippen molar-refractivity contribution in [3.63, 3.8) is 0 Å². The van der Waals surface area contributed by atoms with Gasteiger partial charge in [-0.05, 0) is 43.0 Å². The second-order valence-electron chi connectivity index (χ2n) is 14.6. The number of amides is 1. The first-order chi connectivity index (χ1) is 26.6. The second kappa shape index (κ2) is 20.2. The molecule has 11 heteroatoms. The molecule has 292 valence electrons. The van der Waals surface area contributed by atoms with Crippen molar-refractivity contribution in [2.24, 2.45) is 0 Å². The predicted molar refractivity (Wildman–Crippen MR) is 207 cm³/mol. The van der Waals surface area contributed by atoms with Crippen LogP contribution < -0.4 is 5.32 Å². The van der Waals surface area contributed by atoms with E-state index in [0.29, 0.717) is 12.8 Å². The average molecular weight is 753 g/mol. The standard InChI is InChI=1S/C44H52N2O9/c1-43(2,3)55-42(49)46-25-24-45-26-37(46)38(48)39(52-28-34-18-10-5-11-19-34)40(53-29-35-20-12-6-13-21-35)41(54-30-36-22-14-7-15-23-36)44(50,31-47)32-51-27-33-16-8-4-9-17-33/h4-23,31,37,39-41,45,50H,24-30,32H2,1-3H3/t37?,39-,40+,41-,44-/m0/s1. The largest absolute Gasteiger partial charge is 0.444 e. The zero-order valence-corrected chi connectivity index (χ0v) is 31.8. The molecule has 5 rings (SSSR count). The van der Waals surface area contributed by atoms with Gasteiger partial charge in [0.2, 0.25) is 0 Å². The van der Waals surface area contributed by atoms with Gasteiger partial charge in [-0.2, -0.15) is 0 Å². The minimum Gasteiger partial charge on any atom is -0.444 e. The summed E-state index contributed by atoms with van der Waals surface area (Å²) >= 11 is 0. The monoisotopic (exact) mass is 752 g/mol. The van der Waals surface area contributed by atoms with E-state index in [4.69, 9.17) is 23.7 Å². The van der Waals surface area contributed by atoms with Crippen LogP contribution in [0.3, 0.4) is 0 Å². The van der Waals surface area contributed by atoms with Crippen LogP contribution in [0.1, 0.15) is 43.0 Å². The summed E-state index contributed by atoms with van der Waals surface area (Å²) in [5.41, 5.74) is 0.000117. The average Bonchev–Trinajstić information content (AvgIpc) is 3.20. The summed E-state index contributed by atoms with van der Waals surface area (Å²) in [7, 11) is 0. The molecule has 0 aliphatic carbocycles. The first-order valence-corrected chi connectivity index (χ1v) is 18.6. The van der Waals surface area contributed by atoms with E-state index in [9.17, 15) is 14.7 Å². The highest BCUT2D eigenvalue weighted by atomic mass is 16.6. The third-order valence-corrected chi connectivity index (χ3v) is 9.05. The molecule has 1 fully saturated rings. The molecule has 0 aromatic heterocycles. The van der Waals surface area contributed by atoms with E-state index >= 15 is 4.79 Å². The normalized spacial score (nSPS) is 17.4. The number of benzene rings is 4. The number of aliphatic hydroxyl groups is 1. The topological polar surface area (TPSA) is 133 Å². The number of carbonyl (C=O) groups excluding carboxylic acids is 3. The molecule has 4 aromatic rings. The minimum atomic E-state index is -2.32. The summed E-state index contributed by atoms with van der Waals surface area (Å²) in [5.74, 6) is -0.515. The quantitative estimate of drug-likeness (QED) is 0.116. The zero-order chi connectivity index (χ0) is 39.1. The maximum atomic E-state index is 15.1. The Kier molecular flexibility index (Phi) is 15.2. The van der Waals surface area contributed by atoms with E-state index in [1.165, 1.54) is 4.90 Å². The van der Waals surface area contributed by atoms with Crippen molar-refractivity contribution < 1.29 is 43.2 Å². The molecule has 0 bridgehead atoms. The predicted octanol–water partition coefficient (Wildman–Crippen LogP) is 5.67. The van der Waals surface area contributed by atoms with Crippen LogP contribution in [0.2, 0.25) is 0 Å². The molecule has 0 saturated carbocycles. The summed E-state index contributed by atoms with van der Waals surface area (Å²) in [6.45, 7) is 5.58. The van der Waals surface area contributed by atoms with Gasteiger partial charge < -0.3 is 34.1 Å². The van der Waals surface area contributed by atoms with Gasteiger partial charge in [-0.3, -0.25) is 14.5 Å². The Morgan fingerprint density at radius 2 is 1.22 bits per heavy atom. The van der Waals surface area contributed by atoms with Gasteiger partial charge >= 0.3 is 6.09 Å². The SMILES string of the molecule is CC(C)(C)OC(=O)N1CCNCC1C(=O)[C@H](OCc1ccccc1)[C@@H](OCc1ccccc1)[C@H](OCc1ccccc1)[C@](O)(C=O)COCc1ccccc1. The van der Waals surface area contributed by atoms with Gasteiger partial charge in [-0.25, -0.2) is 4.79 Å². The van der Waals surface area contributed by atoms with Crippen LogP contribution >= 0.6 is 0 Å². The number of carbonyl (C=O) groups is 3. The van der Waals surface area contributed by atoms with Crippen LogP contribution in [0.15, 0.2) is 121 Å². The molecule has 11 nitrogen and oxygen atoms in total. The van der Waals surface area contributed by atoms with Crippen molar-refractivity contribution in [2.75, 3.05) is 26.2 Å². The first kappa shape index (κ1) is 41.4. The summed E-state index contributed by atoms with van der Waals surface area (Å²) in [6, 6.07) is 36.2. The van der Waals surface area contributed by atoms with E-state index in [1.54, 1.807) is 20.8 Å². The molecule has 1 unspecified atom stereocenters. The Hall–Kier alpha value is -4.75.